The number of rotatable bonds is 4. The van der Waals surface area contributed by atoms with Crippen LogP contribution in [0.2, 0.25) is 0 Å². The molecule has 1 aliphatic heterocycles. The van der Waals surface area contributed by atoms with Gasteiger partial charge in [0.2, 0.25) is 0 Å². The molecule has 8 heteroatoms. The fraction of sp³-hybridized carbons (Fsp3) is 0.385. The predicted octanol–water partition coefficient (Wildman–Crippen LogP) is 1.42. The summed E-state index contributed by atoms with van der Waals surface area (Å²) in [6.07, 6.45) is 3.28. The molecule has 1 aromatic heterocycles. The molecule has 0 aliphatic carbocycles. The number of nitrogens with zero attached hydrogens (tertiary/aromatic N) is 2. The minimum atomic E-state index is -0.510. The van der Waals surface area contributed by atoms with Crippen molar-refractivity contribution >= 4 is 22.3 Å². The zero-order chi connectivity index (χ0) is 14.8. The molecule has 0 bridgehead atoms. The van der Waals surface area contributed by atoms with Gasteiger partial charge >= 0.3 is 0 Å². The molecule has 0 radical (unpaired) electrons. The van der Waals surface area contributed by atoms with Gasteiger partial charge in [-0.1, -0.05) is 0 Å². The number of hydrogen-bond acceptors (Lipinski definition) is 6. The third-order valence-electron chi connectivity index (χ3n) is 3.50. The zero-order valence-electron chi connectivity index (χ0n) is 11.2. The number of nitrogens with one attached hydrogen (secondary N) is 2. The maximum Gasteiger partial charge on any atom is 0.293 e. The second kappa shape index (κ2) is 5.49. The molecule has 0 unspecified atom stereocenters. The van der Waals surface area contributed by atoms with Crippen molar-refractivity contribution in [3.8, 4) is 0 Å². The van der Waals surface area contributed by atoms with Gasteiger partial charge in [-0.3, -0.25) is 14.9 Å². The van der Waals surface area contributed by atoms with Crippen molar-refractivity contribution in [2.45, 2.75) is 18.9 Å². The number of benzene rings is 1. The van der Waals surface area contributed by atoms with Crippen LogP contribution in [0.25, 0.3) is 10.9 Å². The second-order valence-corrected chi connectivity index (χ2v) is 4.89. The summed E-state index contributed by atoms with van der Waals surface area (Å²) in [5, 5.41) is 14.4. The van der Waals surface area contributed by atoms with Crippen molar-refractivity contribution in [2.75, 3.05) is 18.5 Å². The molecule has 0 spiro atoms. The summed E-state index contributed by atoms with van der Waals surface area (Å²) in [5.74, 6) is 0. The number of fused-ring (bicyclic) bond motifs is 1. The summed E-state index contributed by atoms with van der Waals surface area (Å²) >= 11 is 0. The fourth-order valence-electron chi connectivity index (χ4n) is 2.43. The Morgan fingerprint density at radius 2 is 2.38 bits per heavy atom. The number of ether oxygens (including phenoxy) is 1. The van der Waals surface area contributed by atoms with Gasteiger partial charge in [0, 0.05) is 19.2 Å². The third kappa shape index (κ3) is 2.70. The lowest BCUT2D eigenvalue weighted by atomic mass is 10.1. The molecule has 110 valence electrons. The Bertz CT molecular complexity index is 737. The average molecular weight is 290 g/mol. The highest BCUT2D eigenvalue weighted by Gasteiger charge is 2.20. The van der Waals surface area contributed by atoms with Gasteiger partial charge in [-0.2, -0.15) is 0 Å². The molecule has 1 atom stereocenters. The molecule has 3 rings (SSSR count). The molecular formula is C13H14N4O4. The maximum atomic E-state index is 11.7. The van der Waals surface area contributed by atoms with E-state index in [1.165, 1.54) is 18.5 Å². The smallest absolute Gasteiger partial charge is 0.293 e. The van der Waals surface area contributed by atoms with Crippen molar-refractivity contribution in [1.82, 2.24) is 9.97 Å². The molecule has 1 aliphatic rings. The Balaban J connectivity index is 1.97. The van der Waals surface area contributed by atoms with E-state index in [9.17, 15) is 14.9 Å². The molecule has 1 fully saturated rings. The lowest BCUT2D eigenvalue weighted by Gasteiger charge is -2.12. The van der Waals surface area contributed by atoms with E-state index in [1.54, 1.807) is 0 Å². The molecule has 2 N–H and O–H groups in total. The Morgan fingerprint density at radius 3 is 3.10 bits per heavy atom. The Morgan fingerprint density at radius 1 is 1.52 bits per heavy atom. The first kappa shape index (κ1) is 13.5. The standard InChI is InChI=1S/C13H14N4O4/c18-13-9-4-12(17(19)20)11(5-10(9)15-7-16-13)14-6-8-2-1-3-21-8/h4-5,7-8,14H,1-3,6H2,(H,15,16,18)/t8-/m1/s1. The molecule has 8 nitrogen and oxygen atoms in total. The van der Waals surface area contributed by atoms with Crippen molar-refractivity contribution in [3.05, 3.63) is 38.9 Å². The molecule has 2 aromatic rings. The summed E-state index contributed by atoms with van der Waals surface area (Å²) in [6, 6.07) is 2.77. The molecule has 0 amide bonds. The quantitative estimate of drug-likeness (QED) is 0.651. The number of H-pyrrole nitrogens is 1. The summed E-state index contributed by atoms with van der Waals surface area (Å²) in [6.45, 7) is 1.22. The van der Waals surface area contributed by atoms with Gasteiger partial charge in [-0.25, -0.2) is 4.98 Å². The van der Waals surface area contributed by atoms with Crippen LogP contribution in [0, 0.1) is 10.1 Å². The van der Waals surface area contributed by atoms with Crippen LogP contribution in [0.4, 0.5) is 11.4 Å². The van der Waals surface area contributed by atoms with E-state index in [2.05, 4.69) is 15.3 Å². The maximum absolute atomic E-state index is 11.7. The lowest BCUT2D eigenvalue weighted by molar-refractivity contribution is -0.383. The van der Waals surface area contributed by atoms with Gasteiger partial charge < -0.3 is 15.0 Å². The van der Waals surface area contributed by atoms with Crippen LogP contribution in [-0.4, -0.2) is 34.1 Å². The van der Waals surface area contributed by atoms with Crippen LogP contribution in [0.5, 0.6) is 0 Å². The molecular weight excluding hydrogens is 276 g/mol. The number of anilines is 1. The molecule has 1 saturated heterocycles. The van der Waals surface area contributed by atoms with Crippen LogP contribution in [0.15, 0.2) is 23.3 Å². The van der Waals surface area contributed by atoms with Gasteiger partial charge in [0.15, 0.2) is 0 Å². The highest BCUT2D eigenvalue weighted by atomic mass is 16.6. The summed E-state index contributed by atoms with van der Waals surface area (Å²) in [7, 11) is 0. The van der Waals surface area contributed by atoms with Gasteiger partial charge in [0.25, 0.3) is 11.2 Å². The molecule has 2 heterocycles. The number of nitro groups is 1. The van der Waals surface area contributed by atoms with Gasteiger partial charge in [0.1, 0.15) is 5.69 Å². The Hall–Kier alpha value is -2.48. The van der Waals surface area contributed by atoms with Crippen LogP contribution in [-0.2, 0) is 4.74 Å². The van der Waals surface area contributed by atoms with Crippen LogP contribution < -0.4 is 10.9 Å². The van der Waals surface area contributed by atoms with Crippen LogP contribution in [0.1, 0.15) is 12.8 Å². The number of aromatic nitrogens is 2. The Kier molecular flexibility index (Phi) is 3.53. The van der Waals surface area contributed by atoms with Crippen molar-refractivity contribution < 1.29 is 9.66 Å². The van der Waals surface area contributed by atoms with Gasteiger partial charge in [0.05, 0.1) is 28.3 Å². The van der Waals surface area contributed by atoms with E-state index >= 15 is 0 Å². The van der Waals surface area contributed by atoms with Crippen molar-refractivity contribution in [2.24, 2.45) is 0 Å². The highest BCUT2D eigenvalue weighted by molar-refractivity contribution is 5.86. The largest absolute Gasteiger partial charge is 0.377 e. The van der Waals surface area contributed by atoms with E-state index in [4.69, 9.17) is 4.74 Å². The second-order valence-electron chi connectivity index (χ2n) is 4.89. The van der Waals surface area contributed by atoms with Crippen LogP contribution >= 0.6 is 0 Å². The SMILES string of the molecule is O=c1[nH]cnc2cc(NC[C@H]3CCCO3)c([N+](=O)[O-])cc12. The van der Waals surface area contributed by atoms with E-state index in [-0.39, 0.29) is 17.2 Å². The molecule has 21 heavy (non-hydrogen) atoms. The number of aromatic amines is 1. The average Bonchev–Trinajstić information content (AvgIpc) is 2.97. The molecule has 0 saturated carbocycles. The monoisotopic (exact) mass is 290 g/mol. The minimum absolute atomic E-state index is 0.0624. The summed E-state index contributed by atoms with van der Waals surface area (Å²) < 4.78 is 5.48. The van der Waals surface area contributed by atoms with Gasteiger partial charge in [-0.15, -0.1) is 0 Å². The van der Waals surface area contributed by atoms with E-state index in [0.717, 1.165) is 19.4 Å². The summed E-state index contributed by atoms with van der Waals surface area (Å²) in [5.41, 5.74) is 0.230. The first-order chi connectivity index (χ1) is 10.1. The van der Waals surface area contributed by atoms with E-state index in [1.807, 2.05) is 0 Å². The van der Waals surface area contributed by atoms with E-state index < -0.39 is 10.5 Å². The van der Waals surface area contributed by atoms with Gasteiger partial charge in [-0.05, 0) is 18.9 Å². The highest BCUT2D eigenvalue weighted by Crippen LogP contribution is 2.28. The third-order valence-corrected chi connectivity index (χ3v) is 3.50. The molecule has 1 aromatic carbocycles. The van der Waals surface area contributed by atoms with Crippen molar-refractivity contribution in [1.29, 1.82) is 0 Å². The first-order valence-electron chi connectivity index (χ1n) is 6.66. The predicted molar refractivity (Wildman–Crippen MR) is 76.5 cm³/mol. The zero-order valence-corrected chi connectivity index (χ0v) is 11.2. The first-order valence-corrected chi connectivity index (χ1v) is 6.66. The summed E-state index contributed by atoms with van der Waals surface area (Å²) in [4.78, 5) is 28.8. The fourth-order valence-corrected chi connectivity index (χ4v) is 2.43. The van der Waals surface area contributed by atoms with E-state index in [0.29, 0.717) is 17.7 Å². The van der Waals surface area contributed by atoms with Crippen molar-refractivity contribution in [3.63, 3.8) is 0 Å². The topological polar surface area (TPSA) is 110 Å². The van der Waals surface area contributed by atoms with Crippen LogP contribution in [0.3, 0.4) is 0 Å². The minimum Gasteiger partial charge on any atom is -0.377 e. The number of hydrogen-bond donors (Lipinski definition) is 2. The Labute approximate surface area is 119 Å². The normalized spacial score (nSPS) is 18.0. The number of nitro benzene ring substituents is 1. The lowest BCUT2D eigenvalue weighted by Crippen LogP contribution is -2.19.